The number of hydrogen-bond acceptors (Lipinski definition) is 9. The number of nitrogens with zero attached hydrogens (tertiary/aromatic N) is 7. The van der Waals surface area contributed by atoms with Gasteiger partial charge in [-0.2, -0.15) is 15.0 Å². The minimum absolute atomic E-state index is 0.00850. The van der Waals surface area contributed by atoms with Gasteiger partial charge in [-0.15, -0.1) is 0 Å². The zero-order chi connectivity index (χ0) is 31.6. The molecule has 6 fully saturated rings. The number of hydrogen-bond donors (Lipinski definition) is 0. The summed E-state index contributed by atoms with van der Waals surface area (Å²) in [5.41, 5.74) is 1.95. The van der Waals surface area contributed by atoms with E-state index in [1.807, 2.05) is 17.1 Å². The lowest BCUT2D eigenvalue weighted by Gasteiger charge is -2.56. The van der Waals surface area contributed by atoms with Gasteiger partial charge in [0.2, 0.25) is 23.8 Å². The van der Waals surface area contributed by atoms with Crippen molar-refractivity contribution in [2.75, 3.05) is 67.1 Å². The molecule has 0 unspecified atom stereocenters. The van der Waals surface area contributed by atoms with E-state index in [4.69, 9.17) is 15.0 Å². The molecule has 10 heteroatoms. The minimum Gasteiger partial charge on any atom is -0.341 e. The average Bonchev–Trinajstić information content (AvgIpc) is 3.84. The van der Waals surface area contributed by atoms with Gasteiger partial charge < -0.3 is 19.6 Å². The van der Waals surface area contributed by atoms with Crippen molar-refractivity contribution in [1.29, 1.82) is 0 Å². The normalized spacial score (nSPS) is 35.4. The van der Waals surface area contributed by atoms with Crippen molar-refractivity contribution in [1.82, 2.24) is 19.9 Å². The number of carbonyl (C=O) groups excluding carboxylic acids is 3. The maximum absolute atomic E-state index is 14.0. The molecule has 3 aliphatic heterocycles. The fourth-order valence-corrected chi connectivity index (χ4v) is 10.4. The van der Waals surface area contributed by atoms with E-state index >= 15 is 0 Å². The molecule has 8 rings (SSSR count). The van der Waals surface area contributed by atoms with Crippen LogP contribution in [0.5, 0.6) is 0 Å². The molecule has 1 aromatic heterocycles. The van der Waals surface area contributed by atoms with Crippen molar-refractivity contribution < 1.29 is 14.4 Å². The van der Waals surface area contributed by atoms with E-state index in [9.17, 15) is 14.4 Å². The number of piperazine rings is 1. The molecule has 0 aromatic carbocycles. The van der Waals surface area contributed by atoms with Crippen LogP contribution >= 0.6 is 0 Å². The predicted molar refractivity (Wildman–Crippen MR) is 177 cm³/mol. The molecule has 246 valence electrons. The molecular weight excluding hydrogens is 578 g/mol. The summed E-state index contributed by atoms with van der Waals surface area (Å²) in [5, 5.41) is 0. The van der Waals surface area contributed by atoms with Crippen LogP contribution in [0.15, 0.2) is 23.3 Å². The third-order valence-corrected chi connectivity index (χ3v) is 13.1. The van der Waals surface area contributed by atoms with Crippen LogP contribution < -0.4 is 14.7 Å². The fraction of sp³-hybridized carbons (Fsp3) is 0.722. The van der Waals surface area contributed by atoms with Gasteiger partial charge in [0.15, 0.2) is 5.78 Å². The number of amides is 1. The second-order valence-corrected chi connectivity index (χ2v) is 15.5. The predicted octanol–water partition coefficient (Wildman–Crippen LogP) is 4.36. The Kier molecular flexibility index (Phi) is 7.48. The zero-order valence-corrected chi connectivity index (χ0v) is 27.7. The largest absolute Gasteiger partial charge is 0.341 e. The standard InChI is InChI=1S/C36H49N7O3/c1-35-12-11-26(44)21-24(35)7-9-27-28-10-8-25(36(28,2)23-29(45)31(27)35)22-30(46)40-17-19-43(20-18-40)34-38-32(41-13-3-4-14-41)37-33(39-34)42-15-5-6-16-42/h21-22,27-28,31H,3-20,23H2,1-2H3/b25-22+/t27-,28-,31+,35-,36+/m0/s1. The van der Waals surface area contributed by atoms with Gasteiger partial charge in [0.1, 0.15) is 5.78 Å². The molecule has 3 saturated carbocycles. The van der Waals surface area contributed by atoms with Gasteiger partial charge in [0.05, 0.1) is 0 Å². The lowest BCUT2D eigenvalue weighted by atomic mass is 9.47. The van der Waals surface area contributed by atoms with E-state index in [1.165, 1.54) is 36.8 Å². The van der Waals surface area contributed by atoms with Gasteiger partial charge in [-0.25, -0.2) is 0 Å². The Balaban J connectivity index is 0.961. The van der Waals surface area contributed by atoms with Gasteiger partial charge in [0.25, 0.3) is 0 Å². The minimum atomic E-state index is -0.249. The molecule has 3 saturated heterocycles. The Labute approximate surface area is 272 Å². The molecule has 1 aromatic rings. The molecule has 0 N–H and O–H groups in total. The summed E-state index contributed by atoms with van der Waals surface area (Å²) in [4.78, 5) is 63.4. The Morgan fingerprint density at radius 3 is 1.96 bits per heavy atom. The molecule has 46 heavy (non-hydrogen) atoms. The van der Waals surface area contributed by atoms with E-state index in [0.717, 1.165) is 76.1 Å². The highest BCUT2D eigenvalue weighted by molar-refractivity contribution is 5.93. The molecule has 0 radical (unpaired) electrons. The van der Waals surface area contributed by atoms with Crippen LogP contribution in [0.2, 0.25) is 0 Å². The number of rotatable bonds is 4. The van der Waals surface area contributed by atoms with Gasteiger partial charge in [-0.05, 0) is 86.5 Å². The quantitative estimate of drug-likeness (QED) is 0.451. The molecule has 5 atom stereocenters. The van der Waals surface area contributed by atoms with Crippen LogP contribution in [-0.2, 0) is 14.4 Å². The number of fused-ring (bicyclic) bond motifs is 5. The second-order valence-electron chi connectivity index (χ2n) is 15.5. The first kappa shape index (κ1) is 30.1. The van der Waals surface area contributed by atoms with E-state index in [1.54, 1.807) is 0 Å². The summed E-state index contributed by atoms with van der Waals surface area (Å²) in [6, 6.07) is 0. The van der Waals surface area contributed by atoms with Crippen LogP contribution in [0.4, 0.5) is 17.8 Å². The smallest absolute Gasteiger partial charge is 0.246 e. The number of allylic oxidation sites excluding steroid dienone is 2. The highest BCUT2D eigenvalue weighted by Crippen LogP contribution is 2.65. The summed E-state index contributed by atoms with van der Waals surface area (Å²) >= 11 is 0. The molecule has 4 aliphatic carbocycles. The summed E-state index contributed by atoms with van der Waals surface area (Å²) in [7, 11) is 0. The van der Waals surface area contributed by atoms with Crippen molar-refractivity contribution in [2.24, 2.45) is 28.6 Å². The summed E-state index contributed by atoms with van der Waals surface area (Å²) in [5.74, 6) is 3.71. The van der Waals surface area contributed by atoms with Crippen LogP contribution in [0.1, 0.15) is 84.5 Å². The van der Waals surface area contributed by atoms with Gasteiger partial charge in [-0.1, -0.05) is 25.0 Å². The van der Waals surface area contributed by atoms with Gasteiger partial charge in [-0.3, -0.25) is 14.4 Å². The molecular formula is C36H49N7O3. The van der Waals surface area contributed by atoms with Crippen LogP contribution in [-0.4, -0.2) is 89.7 Å². The number of ketones is 2. The lowest BCUT2D eigenvalue weighted by Crippen LogP contribution is -2.54. The molecule has 10 nitrogen and oxygen atoms in total. The molecule has 0 bridgehead atoms. The topological polar surface area (TPSA) is 103 Å². The maximum Gasteiger partial charge on any atom is 0.246 e. The van der Waals surface area contributed by atoms with E-state index in [-0.39, 0.29) is 28.4 Å². The number of anilines is 3. The third-order valence-electron chi connectivity index (χ3n) is 13.1. The first-order valence-electron chi connectivity index (χ1n) is 18.0. The van der Waals surface area contributed by atoms with Crippen LogP contribution in [0.3, 0.4) is 0 Å². The fourth-order valence-electron chi connectivity index (χ4n) is 10.4. The van der Waals surface area contributed by atoms with Gasteiger partial charge >= 0.3 is 0 Å². The summed E-state index contributed by atoms with van der Waals surface area (Å²) in [6.45, 7) is 11.1. The first-order chi connectivity index (χ1) is 22.2. The number of aromatic nitrogens is 3. The Morgan fingerprint density at radius 1 is 0.761 bits per heavy atom. The van der Waals surface area contributed by atoms with E-state index in [2.05, 4.69) is 28.5 Å². The Bertz CT molecular complexity index is 1450. The van der Waals surface area contributed by atoms with Crippen molar-refractivity contribution in [3.8, 4) is 0 Å². The highest BCUT2D eigenvalue weighted by atomic mass is 16.2. The number of carbonyl (C=O) groups is 3. The Hall–Kier alpha value is -3.30. The van der Waals surface area contributed by atoms with Crippen LogP contribution in [0, 0.1) is 28.6 Å². The SMILES string of the molecule is C[C@]12CCC(=O)C=C1CC[C@@H]1[C@@H]2C(=O)C[C@]2(C)/C(=C/C(=O)N3CCN(c4nc(N5CCCC5)nc(N5CCCC5)n4)CC3)CC[C@@H]12. The monoisotopic (exact) mass is 627 g/mol. The zero-order valence-electron chi connectivity index (χ0n) is 27.7. The molecule has 1 amide bonds. The van der Waals surface area contributed by atoms with Crippen LogP contribution in [0.25, 0.3) is 0 Å². The van der Waals surface area contributed by atoms with Crippen molar-refractivity contribution in [3.63, 3.8) is 0 Å². The number of Topliss-reactive ketones (excluding diaryl/α,β-unsaturated/α-hetero) is 1. The molecule has 4 heterocycles. The van der Waals surface area contributed by atoms with Crippen molar-refractivity contribution in [3.05, 3.63) is 23.3 Å². The lowest BCUT2D eigenvalue weighted by molar-refractivity contribution is -0.142. The van der Waals surface area contributed by atoms with Crippen molar-refractivity contribution in [2.45, 2.75) is 84.5 Å². The average molecular weight is 628 g/mol. The Morgan fingerprint density at radius 2 is 1.35 bits per heavy atom. The molecule has 7 aliphatic rings. The molecule has 0 spiro atoms. The first-order valence-corrected chi connectivity index (χ1v) is 18.0. The van der Waals surface area contributed by atoms with E-state index in [0.29, 0.717) is 56.6 Å². The summed E-state index contributed by atoms with van der Waals surface area (Å²) in [6.07, 6.45) is 14.2. The second kappa shape index (κ2) is 11.4. The summed E-state index contributed by atoms with van der Waals surface area (Å²) < 4.78 is 0. The van der Waals surface area contributed by atoms with E-state index < -0.39 is 0 Å². The maximum atomic E-state index is 14.0. The highest BCUT2D eigenvalue weighted by Gasteiger charge is 2.61. The van der Waals surface area contributed by atoms with Crippen molar-refractivity contribution >= 4 is 35.3 Å². The van der Waals surface area contributed by atoms with Gasteiger partial charge in [0, 0.05) is 77.2 Å². The third kappa shape index (κ3) is 4.96.